The number of aryl methyl sites for hydroxylation is 1. The lowest BCUT2D eigenvalue weighted by Crippen LogP contribution is -2.32. The van der Waals surface area contributed by atoms with Crippen LogP contribution in [0.15, 0.2) is 24.3 Å². The molecule has 3 unspecified atom stereocenters. The van der Waals surface area contributed by atoms with Crippen LogP contribution in [-0.4, -0.2) is 18.0 Å². The van der Waals surface area contributed by atoms with E-state index < -0.39 is 0 Å². The highest BCUT2D eigenvalue weighted by Crippen LogP contribution is 2.33. The van der Waals surface area contributed by atoms with Crippen LogP contribution in [0.5, 0.6) is 0 Å². The van der Waals surface area contributed by atoms with Crippen molar-refractivity contribution in [1.82, 2.24) is 5.32 Å². The van der Waals surface area contributed by atoms with Gasteiger partial charge in [0.2, 0.25) is 5.91 Å². The van der Waals surface area contributed by atoms with Crippen molar-refractivity contribution in [1.29, 1.82) is 0 Å². The molecule has 96 valence electrons. The van der Waals surface area contributed by atoms with Gasteiger partial charge in [-0.3, -0.25) is 4.79 Å². The molecule has 2 saturated heterocycles. The summed E-state index contributed by atoms with van der Waals surface area (Å²) < 4.78 is 0. The van der Waals surface area contributed by atoms with Gasteiger partial charge in [0.15, 0.2) is 0 Å². The Balaban J connectivity index is 1.67. The molecule has 0 aliphatic carbocycles. The van der Waals surface area contributed by atoms with Gasteiger partial charge in [-0.15, -0.1) is 0 Å². The van der Waals surface area contributed by atoms with Crippen molar-refractivity contribution in [2.45, 2.75) is 44.7 Å². The van der Waals surface area contributed by atoms with Gasteiger partial charge in [-0.05, 0) is 43.4 Å². The van der Waals surface area contributed by atoms with Gasteiger partial charge in [0.05, 0.1) is 5.92 Å². The van der Waals surface area contributed by atoms with Crippen LogP contribution in [-0.2, 0) is 11.2 Å². The number of carbonyl (C=O) groups excluding carboxylic acids is 1. The summed E-state index contributed by atoms with van der Waals surface area (Å²) in [6, 6.07) is 9.12. The van der Waals surface area contributed by atoms with Gasteiger partial charge in [-0.25, -0.2) is 0 Å². The topological polar surface area (TPSA) is 41.1 Å². The number of nitrogens with one attached hydrogen (secondary N) is 2. The first-order chi connectivity index (χ1) is 8.76. The zero-order chi connectivity index (χ0) is 12.5. The Hall–Kier alpha value is -1.35. The van der Waals surface area contributed by atoms with E-state index in [9.17, 15) is 4.79 Å². The van der Waals surface area contributed by atoms with Crippen LogP contribution >= 0.6 is 0 Å². The summed E-state index contributed by atoms with van der Waals surface area (Å²) in [4.78, 5) is 12.3. The molecular formula is C15H20N2O. The minimum atomic E-state index is 0.161. The zero-order valence-corrected chi connectivity index (χ0v) is 10.8. The summed E-state index contributed by atoms with van der Waals surface area (Å²) in [6.45, 7) is 2.13. The molecule has 3 rings (SSSR count). The number of carbonyl (C=O) groups is 1. The number of hydrogen-bond donors (Lipinski definition) is 2. The Morgan fingerprint density at radius 2 is 2.33 bits per heavy atom. The van der Waals surface area contributed by atoms with Crippen LogP contribution < -0.4 is 10.6 Å². The second-order valence-corrected chi connectivity index (χ2v) is 5.43. The molecule has 18 heavy (non-hydrogen) atoms. The van der Waals surface area contributed by atoms with Crippen LogP contribution in [0.25, 0.3) is 0 Å². The molecule has 2 heterocycles. The summed E-state index contributed by atoms with van der Waals surface area (Å²) in [5, 5.41) is 6.57. The quantitative estimate of drug-likeness (QED) is 0.856. The van der Waals surface area contributed by atoms with Gasteiger partial charge < -0.3 is 10.6 Å². The Morgan fingerprint density at radius 1 is 1.44 bits per heavy atom. The molecule has 0 saturated carbocycles. The molecule has 2 aliphatic rings. The van der Waals surface area contributed by atoms with Gasteiger partial charge in [0.1, 0.15) is 0 Å². The van der Waals surface area contributed by atoms with Gasteiger partial charge in [-0.1, -0.05) is 19.1 Å². The Bertz CT molecular complexity index is 458. The molecule has 1 amide bonds. The van der Waals surface area contributed by atoms with Crippen molar-refractivity contribution in [2.24, 2.45) is 5.92 Å². The summed E-state index contributed by atoms with van der Waals surface area (Å²) in [5.41, 5.74) is 2.20. The molecule has 1 aromatic carbocycles. The fourth-order valence-electron chi connectivity index (χ4n) is 3.22. The highest BCUT2D eigenvalue weighted by Gasteiger charge is 2.42. The third-order valence-electron chi connectivity index (χ3n) is 4.24. The first kappa shape index (κ1) is 11.7. The van der Waals surface area contributed by atoms with E-state index in [1.807, 2.05) is 12.1 Å². The third kappa shape index (κ3) is 2.15. The molecule has 0 aromatic heterocycles. The lowest BCUT2D eigenvalue weighted by Gasteiger charge is -2.19. The normalized spacial score (nSPS) is 29.5. The monoisotopic (exact) mass is 244 g/mol. The minimum Gasteiger partial charge on any atom is -0.326 e. The number of fused-ring (bicyclic) bond motifs is 2. The second-order valence-electron chi connectivity index (χ2n) is 5.43. The lowest BCUT2D eigenvalue weighted by molar-refractivity contribution is -0.120. The van der Waals surface area contributed by atoms with E-state index in [0.717, 1.165) is 24.9 Å². The third-order valence-corrected chi connectivity index (χ3v) is 4.24. The fourth-order valence-corrected chi connectivity index (χ4v) is 3.22. The molecule has 2 fully saturated rings. The maximum absolute atomic E-state index is 12.3. The second kappa shape index (κ2) is 4.73. The van der Waals surface area contributed by atoms with E-state index in [4.69, 9.17) is 0 Å². The van der Waals surface area contributed by atoms with E-state index in [1.54, 1.807) is 0 Å². The van der Waals surface area contributed by atoms with Gasteiger partial charge >= 0.3 is 0 Å². The summed E-state index contributed by atoms with van der Waals surface area (Å²) in [5.74, 6) is 0.344. The van der Waals surface area contributed by atoms with Crippen LogP contribution in [0.3, 0.4) is 0 Å². The van der Waals surface area contributed by atoms with Crippen molar-refractivity contribution in [3.8, 4) is 0 Å². The van der Waals surface area contributed by atoms with E-state index in [-0.39, 0.29) is 11.8 Å². The molecule has 3 atom stereocenters. The molecule has 3 nitrogen and oxygen atoms in total. The number of anilines is 1. The lowest BCUT2D eigenvalue weighted by atomic mass is 9.88. The molecular weight excluding hydrogens is 224 g/mol. The smallest absolute Gasteiger partial charge is 0.229 e. The molecule has 2 bridgehead atoms. The standard InChI is InChI=1S/C15H20N2O/c1-2-10-4-3-5-11(8-10)17-15(18)13-9-12-6-7-14(13)16-12/h3-5,8,12-14,16H,2,6-7,9H2,1H3,(H,17,18). The van der Waals surface area contributed by atoms with Crippen molar-refractivity contribution < 1.29 is 4.79 Å². The molecule has 2 aliphatic heterocycles. The zero-order valence-electron chi connectivity index (χ0n) is 10.8. The predicted octanol–water partition coefficient (Wildman–Crippen LogP) is 2.33. The summed E-state index contributed by atoms with van der Waals surface area (Å²) in [7, 11) is 0. The largest absolute Gasteiger partial charge is 0.326 e. The Morgan fingerprint density at radius 3 is 3.00 bits per heavy atom. The number of hydrogen-bond acceptors (Lipinski definition) is 2. The molecule has 0 spiro atoms. The maximum Gasteiger partial charge on any atom is 0.229 e. The molecule has 0 radical (unpaired) electrons. The molecule has 3 heteroatoms. The number of amides is 1. The highest BCUT2D eigenvalue weighted by atomic mass is 16.2. The Kier molecular flexibility index (Phi) is 3.08. The van der Waals surface area contributed by atoms with Crippen molar-refractivity contribution in [3.05, 3.63) is 29.8 Å². The predicted molar refractivity (Wildman–Crippen MR) is 72.5 cm³/mol. The maximum atomic E-state index is 12.3. The van der Waals surface area contributed by atoms with Crippen LogP contribution in [0.2, 0.25) is 0 Å². The van der Waals surface area contributed by atoms with Crippen LogP contribution in [0, 0.1) is 5.92 Å². The molecule has 2 N–H and O–H groups in total. The number of rotatable bonds is 3. The first-order valence-electron chi connectivity index (χ1n) is 6.92. The van der Waals surface area contributed by atoms with E-state index >= 15 is 0 Å². The SMILES string of the molecule is CCc1cccc(NC(=O)C2CC3CCC2N3)c1. The van der Waals surface area contributed by atoms with Gasteiger partial charge in [0.25, 0.3) is 0 Å². The Labute approximate surface area is 108 Å². The van der Waals surface area contributed by atoms with Gasteiger partial charge in [0, 0.05) is 17.8 Å². The van der Waals surface area contributed by atoms with Gasteiger partial charge in [-0.2, -0.15) is 0 Å². The van der Waals surface area contributed by atoms with Crippen LogP contribution in [0.4, 0.5) is 5.69 Å². The van der Waals surface area contributed by atoms with Crippen LogP contribution in [0.1, 0.15) is 31.7 Å². The van der Waals surface area contributed by atoms with E-state index in [1.165, 1.54) is 12.0 Å². The summed E-state index contributed by atoms with van der Waals surface area (Å²) in [6.07, 6.45) is 4.39. The number of benzene rings is 1. The van der Waals surface area contributed by atoms with Crippen molar-refractivity contribution in [2.75, 3.05) is 5.32 Å². The first-order valence-corrected chi connectivity index (χ1v) is 6.92. The fraction of sp³-hybridized carbons (Fsp3) is 0.533. The highest BCUT2D eigenvalue weighted by molar-refractivity contribution is 5.93. The van der Waals surface area contributed by atoms with E-state index in [2.05, 4.69) is 29.7 Å². The average molecular weight is 244 g/mol. The summed E-state index contributed by atoms with van der Waals surface area (Å²) >= 11 is 0. The average Bonchev–Trinajstić information content (AvgIpc) is 3.01. The van der Waals surface area contributed by atoms with E-state index in [0.29, 0.717) is 12.1 Å². The molecule has 1 aromatic rings. The minimum absolute atomic E-state index is 0.161. The van der Waals surface area contributed by atoms with Crippen molar-refractivity contribution >= 4 is 11.6 Å². The van der Waals surface area contributed by atoms with Crippen molar-refractivity contribution in [3.63, 3.8) is 0 Å².